The number of aliphatic carboxylic acids is 2. The third-order valence-electron chi connectivity index (χ3n) is 2.56. The third-order valence-corrected chi connectivity index (χ3v) is 2.56. The molecule has 0 aromatic carbocycles. The molecule has 0 saturated carbocycles. The van der Waals surface area contributed by atoms with Crippen LogP contribution in [0.5, 0.6) is 0 Å². The summed E-state index contributed by atoms with van der Waals surface area (Å²) in [7, 11) is 0. The van der Waals surface area contributed by atoms with E-state index in [1.807, 2.05) is 31.0 Å². The Hall–Kier alpha value is -2.74. The number of pyridine rings is 1. The lowest BCUT2D eigenvalue weighted by molar-refractivity contribution is -0.159. The summed E-state index contributed by atoms with van der Waals surface area (Å²) in [6.07, 6.45) is 10.4. The van der Waals surface area contributed by atoms with Gasteiger partial charge in [-0.05, 0) is 24.6 Å². The minimum atomic E-state index is -1.82. The standard InChI is InChI=1S/C12H16N4.C2H2O4/c1-3-12(9-13-4-1)10-14-5-2-7-16-8-6-15-11-16;3-1(4)2(5)6/h1,3-4,6,8-9,11,14H,2,5,7,10H2;(H,3,4)(H,5,6). The van der Waals surface area contributed by atoms with Gasteiger partial charge in [0.25, 0.3) is 0 Å². The summed E-state index contributed by atoms with van der Waals surface area (Å²) in [5.41, 5.74) is 1.23. The summed E-state index contributed by atoms with van der Waals surface area (Å²) in [4.78, 5) is 26.3. The number of rotatable bonds is 6. The van der Waals surface area contributed by atoms with E-state index in [-0.39, 0.29) is 0 Å². The van der Waals surface area contributed by atoms with Gasteiger partial charge in [0.05, 0.1) is 6.33 Å². The van der Waals surface area contributed by atoms with E-state index in [0.29, 0.717) is 0 Å². The van der Waals surface area contributed by atoms with Gasteiger partial charge in [0.15, 0.2) is 0 Å². The number of hydrogen-bond acceptors (Lipinski definition) is 5. The molecule has 118 valence electrons. The minimum absolute atomic E-state index is 0.887. The highest BCUT2D eigenvalue weighted by molar-refractivity contribution is 6.27. The molecule has 0 fully saturated rings. The largest absolute Gasteiger partial charge is 0.473 e. The smallest absolute Gasteiger partial charge is 0.414 e. The van der Waals surface area contributed by atoms with Gasteiger partial charge in [-0.3, -0.25) is 4.98 Å². The van der Waals surface area contributed by atoms with E-state index in [1.165, 1.54) is 5.56 Å². The Labute approximate surface area is 127 Å². The number of carboxylic acid groups (broad SMARTS) is 2. The van der Waals surface area contributed by atoms with Crippen LogP contribution in [0.1, 0.15) is 12.0 Å². The van der Waals surface area contributed by atoms with E-state index >= 15 is 0 Å². The molecule has 2 aromatic heterocycles. The van der Waals surface area contributed by atoms with Crippen molar-refractivity contribution >= 4 is 11.9 Å². The van der Waals surface area contributed by atoms with Gasteiger partial charge in [-0.25, -0.2) is 14.6 Å². The van der Waals surface area contributed by atoms with E-state index in [4.69, 9.17) is 19.8 Å². The van der Waals surface area contributed by atoms with Gasteiger partial charge in [-0.2, -0.15) is 0 Å². The SMILES string of the molecule is O=C(O)C(=O)O.c1cncc(CNCCCn2ccnc2)c1. The number of nitrogens with zero attached hydrogens (tertiary/aromatic N) is 3. The number of aromatic nitrogens is 3. The first-order valence-electron chi connectivity index (χ1n) is 6.61. The van der Waals surface area contributed by atoms with Crippen molar-refractivity contribution in [3.63, 3.8) is 0 Å². The van der Waals surface area contributed by atoms with Gasteiger partial charge >= 0.3 is 11.9 Å². The quantitative estimate of drug-likeness (QED) is 0.528. The number of carbonyl (C=O) groups is 2. The average Bonchev–Trinajstić information content (AvgIpc) is 3.02. The van der Waals surface area contributed by atoms with Crippen molar-refractivity contribution in [2.24, 2.45) is 0 Å². The Bertz CT molecular complexity index is 545. The molecule has 0 atom stereocenters. The monoisotopic (exact) mass is 306 g/mol. The van der Waals surface area contributed by atoms with Crippen LogP contribution in [0.15, 0.2) is 43.2 Å². The predicted octanol–water partition coefficient (Wildman–Crippen LogP) is 0.614. The van der Waals surface area contributed by atoms with Gasteiger partial charge in [0, 0.05) is 37.9 Å². The van der Waals surface area contributed by atoms with Crippen molar-refractivity contribution in [1.29, 1.82) is 0 Å². The number of carboxylic acids is 2. The van der Waals surface area contributed by atoms with Gasteiger partial charge < -0.3 is 20.1 Å². The Morgan fingerprint density at radius 1 is 1.18 bits per heavy atom. The van der Waals surface area contributed by atoms with Crippen molar-refractivity contribution in [3.05, 3.63) is 48.8 Å². The van der Waals surface area contributed by atoms with Gasteiger partial charge in [-0.1, -0.05) is 6.07 Å². The lowest BCUT2D eigenvalue weighted by Gasteiger charge is -2.04. The van der Waals surface area contributed by atoms with Crippen LogP contribution >= 0.6 is 0 Å². The molecule has 0 amide bonds. The molecule has 0 aliphatic rings. The Morgan fingerprint density at radius 2 is 1.95 bits per heavy atom. The van der Waals surface area contributed by atoms with Gasteiger partial charge in [-0.15, -0.1) is 0 Å². The van der Waals surface area contributed by atoms with Crippen molar-refractivity contribution in [1.82, 2.24) is 19.9 Å². The third kappa shape index (κ3) is 7.75. The van der Waals surface area contributed by atoms with Gasteiger partial charge in [0.1, 0.15) is 0 Å². The second kappa shape index (κ2) is 10.1. The normalized spacial score (nSPS) is 9.64. The van der Waals surface area contributed by atoms with E-state index in [9.17, 15) is 0 Å². The fourth-order valence-electron chi connectivity index (χ4n) is 1.54. The molecule has 22 heavy (non-hydrogen) atoms. The number of imidazole rings is 1. The van der Waals surface area contributed by atoms with E-state index in [1.54, 1.807) is 6.20 Å². The molecule has 8 heteroatoms. The molecular formula is C14H18N4O4. The van der Waals surface area contributed by atoms with E-state index < -0.39 is 11.9 Å². The summed E-state index contributed by atoms with van der Waals surface area (Å²) in [6.45, 7) is 2.91. The van der Waals surface area contributed by atoms with Crippen molar-refractivity contribution in [2.75, 3.05) is 6.54 Å². The van der Waals surface area contributed by atoms with E-state index in [2.05, 4.69) is 25.9 Å². The molecule has 2 heterocycles. The molecule has 0 aliphatic carbocycles. The number of nitrogens with one attached hydrogen (secondary N) is 1. The van der Waals surface area contributed by atoms with Gasteiger partial charge in [0.2, 0.25) is 0 Å². The fraction of sp³-hybridized carbons (Fsp3) is 0.286. The Balaban J connectivity index is 0.000000346. The molecular weight excluding hydrogens is 288 g/mol. The van der Waals surface area contributed by atoms with Crippen LogP contribution in [0.3, 0.4) is 0 Å². The summed E-state index contributed by atoms with van der Waals surface area (Å²) in [6, 6.07) is 4.04. The second-order valence-electron chi connectivity index (χ2n) is 4.30. The van der Waals surface area contributed by atoms with Crippen molar-refractivity contribution in [3.8, 4) is 0 Å². The zero-order valence-electron chi connectivity index (χ0n) is 11.9. The maximum absolute atomic E-state index is 9.10. The molecule has 0 saturated heterocycles. The first-order valence-corrected chi connectivity index (χ1v) is 6.61. The number of aryl methyl sites for hydroxylation is 1. The van der Waals surface area contributed by atoms with Crippen LogP contribution in [0, 0.1) is 0 Å². The summed E-state index contributed by atoms with van der Waals surface area (Å²) in [5, 5.41) is 18.2. The van der Waals surface area contributed by atoms with Crippen molar-refractivity contribution < 1.29 is 19.8 Å². The minimum Gasteiger partial charge on any atom is -0.473 e. The van der Waals surface area contributed by atoms with Crippen LogP contribution in [0.2, 0.25) is 0 Å². The fourth-order valence-corrected chi connectivity index (χ4v) is 1.54. The van der Waals surface area contributed by atoms with Crippen LogP contribution in [-0.4, -0.2) is 43.2 Å². The molecule has 3 N–H and O–H groups in total. The highest BCUT2D eigenvalue weighted by atomic mass is 16.4. The molecule has 0 radical (unpaired) electrons. The highest BCUT2D eigenvalue weighted by Crippen LogP contribution is 1.95. The Kier molecular flexibility index (Phi) is 7.91. The zero-order valence-corrected chi connectivity index (χ0v) is 11.9. The van der Waals surface area contributed by atoms with Crippen molar-refractivity contribution in [2.45, 2.75) is 19.5 Å². The van der Waals surface area contributed by atoms with Crippen LogP contribution in [0.4, 0.5) is 0 Å². The first kappa shape index (κ1) is 17.3. The maximum atomic E-state index is 9.10. The summed E-state index contributed by atoms with van der Waals surface area (Å²) < 4.78 is 2.09. The van der Waals surface area contributed by atoms with E-state index in [0.717, 1.165) is 26.1 Å². The average molecular weight is 306 g/mol. The molecule has 0 aliphatic heterocycles. The van der Waals surface area contributed by atoms with Crippen LogP contribution in [0.25, 0.3) is 0 Å². The lowest BCUT2D eigenvalue weighted by atomic mass is 10.3. The first-order chi connectivity index (χ1) is 10.6. The second-order valence-corrected chi connectivity index (χ2v) is 4.30. The van der Waals surface area contributed by atoms with Crippen LogP contribution in [-0.2, 0) is 22.7 Å². The molecule has 2 rings (SSSR count). The molecule has 2 aromatic rings. The predicted molar refractivity (Wildman–Crippen MR) is 78.1 cm³/mol. The zero-order chi connectivity index (χ0) is 16.2. The topological polar surface area (TPSA) is 117 Å². The Morgan fingerprint density at radius 3 is 2.50 bits per heavy atom. The summed E-state index contributed by atoms with van der Waals surface area (Å²) in [5.74, 6) is -3.65. The summed E-state index contributed by atoms with van der Waals surface area (Å²) >= 11 is 0. The lowest BCUT2D eigenvalue weighted by Crippen LogP contribution is -2.16. The maximum Gasteiger partial charge on any atom is 0.414 e. The molecule has 0 spiro atoms. The number of hydrogen-bond donors (Lipinski definition) is 3. The molecule has 0 unspecified atom stereocenters. The highest BCUT2D eigenvalue weighted by Gasteiger charge is 2.04. The molecule has 0 bridgehead atoms. The van der Waals surface area contributed by atoms with Crippen LogP contribution < -0.4 is 5.32 Å². The molecule has 8 nitrogen and oxygen atoms in total.